The van der Waals surface area contributed by atoms with Crippen LogP contribution in [-0.2, 0) is 27.3 Å². The first-order chi connectivity index (χ1) is 25.0. The van der Waals surface area contributed by atoms with E-state index >= 15 is 0 Å². The average Bonchev–Trinajstić information content (AvgIpc) is 3.37. The number of benzene rings is 1. The Morgan fingerprint density at radius 2 is 1.79 bits per heavy atom. The minimum atomic E-state index is -0.789. The van der Waals surface area contributed by atoms with Gasteiger partial charge in [-0.25, -0.2) is 15.0 Å². The SMILES string of the molecule is CC(=O)c1nn2c3c(cc(-c4cnc(C)nc4)cc13)CC/C=C\CCCCC(=O)NC[C@@]13C[C@@H](C(=O)Nc4nc(Br)ccc4C)N(C(=O)C2)C1[C@@H]3C. The zero-order valence-electron chi connectivity index (χ0n) is 29.9. The minimum absolute atomic E-state index is 0.0187. The van der Waals surface area contributed by atoms with Crippen molar-refractivity contribution in [1.82, 2.24) is 34.9 Å². The number of hydrogen-bond donors (Lipinski definition) is 2. The number of nitrogens with zero attached hydrogens (tertiary/aromatic N) is 6. The Bertz CT molecular complexity index is 2110. The molecule has 270 valence electrons. The third kappa shape index (κ3) is 6.78. The van der Waals surface area contributed by atoms with Gasteiger partial charge in [-0.15, -0.1) is 0 Å². The molecule has 3 aromatic heterocycles. The summed E-state index contributed by atoms with van der Waals surface area (Å²) in [5.41, 5.74) is 3.97. The molecule has 0 spiro atoms. The first kappa shape index (κ1) is 35.6. The number of rotatable bonds is 4. The summed E-state index contributed by atoms with van der Waals surface area (Å²) in [4.78, 5) is 69.7. The lowest BCUT2D eigenvalue weighted by atomic mass is 9.95. The normalized spacial score (nSPS) is 24.3. The summed E-state index contributed by atoms with van der Waals surface area (Å²) >= 11 is 3.39. The predicted molar refractivity (Wildman–Crippen MR) is 200 cm³/mol. The van der Waals surface area contributed by atoms with Gasteiger partial charge in [0, 0.05) is 54.7 Å². The summed E-state index contributed by atoms with van der Waals surface area (Å²) in [6.45, 7) is 7.47. The van der Waals surface area contributed by atoms with Crippen molar-refractivity contribution in [2.75, 3.05) is 11.9 Å². The molecule has 13 heteroatoms. The Hall–Kier alpha value is -4.78. The Morgan fingerprint density at radius 1 is 1.02 bits per heavy atom. The second-order valence-electron chi connectivity index (χ2n) is 14.4. The topological polar surface area (TPSA) is 152 Å². The highest BCUT2D eigenvalue weighted by Crippen LogP contribution is 2.64. The summed E-state index contributed by atoms with van der Waals surface area (Å²) in [6, 6.07) is 6.63. The fourth-order valence-corrected chi connectivity index (χ4v) is 8.44. The molecule has 12 nitrogen and oxygen atoms in total. The molecule has 4 aromatic rings. The zero-order valence-corrected chi connectivity index (χ0v) is 31.5. The van der Waals surface area contributed by atoms with Crippen molar-refractivity contribution in [1.29, 1.82) is 0 Å². The second-order valence-corrected chi connectivity index (χ2v) is 15.2. The number of carbonyl (C=O) groups excluding carboxylic acids is 4. The Labute approximate surface area is 311 Å². The summed E-state index contributed by atoms with van der Waals surface area (Å²) in [5.74, 6) is 0.306. The highest BCUT2D eigenvalue weighted by atomic mass is 79.9. The highest BCUT2D eigenvalue weighted by molar-refractivity contribution is 9.10. The van der Waals surface area contributed by atoms with Crippen LogP contribution < -0.4 is 10.6 Å². The van der Waals surface area contributed by atoms with Gasteiger partial charge in [0.25, 0.3) is 0 Å². The predicted octanol–water partition coefficient (Wildman–Crippen LogP) is 5.89. The van der Waals surface area contributed by atoms with Crippen LogP contribution in [0, 0.1) is 25.2 Å². The molecular weight excluding hydrogens is 724 g/mol. The van der Waals surface area contributed by atoms with Crippen LogP contribution in [0.1, 0.15) is 79.8 Å². The second kappa shape index (κ2) is 14.3. The molecule has 0 radical (unpaired) electrons. The quantitative estimate of drug-likeness (QED) is 0.148. The molecule has 2 fully saturated rings. The van der Waals surface area contributed by atoms with Crippen molar-refractivity contribution in [3.63, 3.8) is 0 Å². The van der Waals surface area contributed by atoms with E-state index in [-0.39, 0.29) is 47.7 Å². The van der Waals surface area contributed by atoms with E-state index in [4.69, 9.17) is 5.10 Å². The number of aryl methyl sites for hydroxylation is 3. The van der Waals surface area contributed by atoms with E-state index in [1.165, 1.54) is 6.92 Å². The van der Waals surface area contributed by atoms with E-state index in [1.54, 1.807) is 28.0 Å². The number of anilines is 1. The summed E-state index contributed by atoms with van der Waals surface area (Å²) in [6.07, 6.45) is 12.6. The van der Waals surface area contributed by atoms with Crippen LogP contribution >= 0.6 is 15.9 Å². The standard InChI is InChI=1S/C39H43BrN8O4/c1-22-13-14-31(40)44-37(22)45-38(52)30-17-39-21-43-32(50)12-10-8-6-5-7-9-11-26-15-27(28-18-41-25(4)42-19-28)16-29-34(24(3)49)46-47(35(26)29)20-33(51)48(30)36(39)23(39)2/h5,7,13-16,18-19,23,30,36H,6,8-12,17,20-21H2,1-4H3,(H,43,50)(H,44,45,52)/b7-5-/t23-,30-,36?,39+/m0/s1. The molecule has 1 saturated carbocycles. The van der Waals surface area contributed by atoms with Crippen LogP contribution in [0.15, 0.2) is 53.4 Å². The number of allylic oxidation sites excluding steroid dienone is 2. The van der Waals surface area contributed by atoms with Gasteiger partial charge >= 0.3 is 0 Å². The first-order valence-corrected chi connectivity index (χ1v) is 18.8. The van der Waals surface area contributed by atoms with Crippen molar-refractivity contribution in [3.8, 4) is 11.1 Å². The molecule has 2 aliphatic heterocycles. The van der Waals surface area contributed by atoms with Crippen molar-refractivity contribution in [3.05, 3.63) is 76.1 Å². The molecule has 2 bridgehead atoms. The van der Waals surface area contributed by atoms with Crippen LogP contribution in [-0.4, -0.2) is 71.8 Å². The van der Waals surface area contributed by atoms with Gasteiger partial charge in [0.2, 0.25) is 17.7 Å². The number of piperidine rings is 1. The number of halogens is 1. The van der Waals surface area contributed by atoms with Crippen molar-refractivity contribution in [2.45, 2.75) is 91.3 Å². The highest BCUT2D eigenvalue weighted by Gasteiger charge is 2.72. The Morgan fingerprint density at radius 3 is 2.56 bits per heavy atom. The van der Waals surface area contributed by atoms with Crippen molar-refractivity contribution in [2.24, 2.45) is 11.3 Å². The summed E-state index contributed by atoms with van der Waals surface area (Å²) < 4.78 is 2.22. The van der Waals surface area contributed by atoms with Crippen LogP contribution in [0.2, 0.25) is 0 Å². The maximum atomic E-state index is 14.7. The Kier molecular flexibility index (Phi) is 9.81. The molecule has 1 aliphatic carbocycles. The summed E-state index contributed by atoms with van der Waals surface area (Å²) in [7, 11) is 0. The van der Waals surface area contributed by atoms with E-state index in [2.05, 4.69) is 66.7 Å². The first-order valence-electron chi connectivity index (χ1n) is 18.0. The van der Waals surface area contributed by atoms with Crippen molar-refractivity contribution >= 4 is 56.2 Å². The van der Waals surface area contributed by atoms with Crippen LogP contribution in [0.5, 0.6) is 0 Å². The number of Topliss-reactive ketones (excluding diaryl/α,β-unsaturated/α-hetero) is 1. The number of nitrogens with one attached hydrogen (secondary N) is 2. The van der Waals surface area contributed by atoms with Gasteiger partial charge in [-0.05, 0) is 109 Å². The third-order valence-electron chi connectivity index (χ3n) is 11.0. The van der Waals surface area contributed by atoms with Gasteiger partial charge in [-0.1, -0.05) is 25.1 Å². The molecule has 1 saturated heterocycles. The third-order valence-corrected chi connectivity index (χ3v) is 11.4. The fourth-order valence-electron chi connectivity index (χ4n) is 8.13. The lowest BCUT2D eigenvalue weighted by molar-refractivity contribution is -0.139. The lowest BCUT2D eigenvalue weighted by Gasteiger charge is -2.28. The lowest BCUT2D eigenvalue weighted by Crippen LogP contribution is -2.47. The number of aromatic nitrogens is 5. The largest absolute Gasteiger partial charge is 0.355 e. The van der Waals surface area contributed by atoms with Gasteiger partial charge in [-0.2, -0.15) is 5.10 Å². The number of hydrogen-bond acceptors (Lipinski definition) is 8. The van der Waals surface area contributed by atoms with Crippen molar-refractivity contribution < 1.29 is 19.2 Å². The molecule has 5 heterocycles. The molecule has 7 rings (SSSR count). The molecule has 1 aromatic carbocycles. The van der Waals surface area contributed by atoms with E-state index in [1.807, 2.05) is 26.0 Å². The average molecular weight is 768 g/mol. The van der Waals surface area contributed by atoms with E-state index in [0.717, 1.165) is 53.5 Å². The van der Waals surface area contributed by atoms with Crippen LogP contribution in [0.4, 0.5) is 5.82 Å². The zero-order chi connectivity index (χ0) is 36.7. The molecule has 4 atom stereocenters. The molecule has 3 amide bonds. The number of pyridine rings is 1. The molecule has 52 heavy (non-hydrogen) atoms. The van der Waals surface area contributed by atoms with Gasteiger partial charge < -0.3 is 15.5 Å². The summed E-state index contributed by atoms with van der Waals surface area (Å²) in [5, 5.41) is 11.5. The number of amides is 3. The van der Waals surface area contributed by atoms with Gasteiger partial charge in [0.15, 0.2) is 5.78 Å². The number of carbonyl (C=O) groups is 4. The molecule has 1 unspecified atom stereocenters. The maximum absolute atomic E-state index is 14.7. The van der Waals surface area contributed by atoms with Gasteiger partial charge in [0.05, 0.1) is 5.52 Å². The number of ketones is 1. The molecule has 2 N–H and O–H groups in total. The van der Waals surface area contributed by atoms with Crippen LogP contribution in [0.25, 0.3) is 22.0 Å². The van der Waals surface area contributed by atoms with E-state index in [0.29, 0.717) is 47.4 Å². The molecule has 3 aliphatic rings. The monoisotopic (exact) mass is 766 g/mol. The minimum Gasteiger partial charge on any atom is -0.355 e. The maximum Gasteiger partial charge on any atom is 0.248 e. The van der Waals surface area contributed by atoms with Gasteiger partial charge in [-0.3, -0.25) is 23.9 Å². The Balaban J connectivity index is 1.30. The van der Waals surface area contributed by atoms with Gasteiger partial charge in [0.1, 0.15) is 34.5 Å². The molecular formula is C39H43BrN8O4. The fraction of sp³-hybridized carbons (Fsp3) is 0.436. The smallest absolute Gasteiger partial charge is 0.248 e. The van der Waals surface area contributed by atoms with E-state index in [9.17, 15) is 19.2 Å². The van der Waals surface area contributed by atoms with Crippen LogP contribution in [0.3, 0.4) is 0 Å². The van der Waals surface area contributed by atoms with E-state index < -0.39 is 11.5 Å².